The summed E-state index contributed by atoms with van der Waals surface area (Å²) in [5, 5.41) is 6.32. The molecule has 1 unspecified atom stereocenters. The number of hydrogen-bond donors (Lipinski definition) is 2. The van der Waals surface area contributed by atoms with Crippen molar-refractivity contribution in [2.24, 2.45) is 11.3 Å². The van der Waals surface area contributed by atoms with Crippen LogP contribution < -0.4 is 10.6 Å². The molecule has 0 bridgehead atoms. The fraction of sp³-hybridized carbons (Fsp3) is 0.929. The number of nitrogens with one attached hydrogen (secondary N) is 2. The number of amides is 1. The minimum absolute atomic E-state index is 0.124. The highest BCUT2D eigenvalue weighted by atomic mass is 16.1. The Hall–Kier alpha value is -0.570. The van der Waals surface area contributed by atoms with Crippen LogP contribution >= 0.6 is 0 Å². The molecule has 0 aromatic rings. The minimum atomic E-state index is 0.124. The first-order chi connectivity index (χ1) is 7.99. The molecule has 3 heteroatoms. The Kier molecular flexibility index (Phi) is 5.44. The van der Waals surface area contributed by atoms with Gasteiger partial charge in [0.2, 0.25) is 5.91 Å². The fourth-order valence-corrected chi connectivity index (χ4v) is 2.14. The molecule has 0 aromatic heterocycles. The molecule has 0 saturated heterocycles. The first kappa shape index (κ1) is 14.5. The monoisotopic (exact) mass is 240 g/mol. The second kappa shape index (κ2) is 6.39. The maximum absolute atomic E-state index is 11.6. The van der Waals surface area contributed by atoms with E-state index in [4.69, 9.17) is 0 Å². The molecular formula is C14H28N2O. The van der Waals surface area contributed by atoms with Gasteiger partial charge in [0.15, 0.2) is 0 Å². The molecule has 2 N–H and O–H groups in total. The van der Waals surface area contributed by atoms with Crippen LogP contribution in [0.1, 0.15) is 53.4 Å². The standard InChI is InChI=1S/C14H28N2O/c1-5-6-14(7-8-14)10-15-9-13(17)16-12(4)11(2)3/h11-12,15H,5-10H2,1-4H3,(H,16,17). The lowest BCUT2D eigenvalue weighted by Gasteiger charge is -2.19. The Morgan fingerprint density at radius 3 is 2.41 bits per heavy atom. The van der Waals surface area contributed by atoms with Crippen molar-refractivity contribution in [3.63, 3.8) is 0 Å². The molecule has 100 valence electrons. The average Bonchev–Trinajstić information content (AvgIpc) is 2.98. The van der Waals surface area contributed by atoms with Crippen LogP contribution in [0, 0.1) is 11.3 Å². The smallest absolute Gasteiger partial charge is 0.234 e. The molecule has 1 aliphatic rings. The molecule has 1 rings (SSSR count). The highest BCUT2D eigenvalue weighted by Gasteiger charge is 2.40. The Balaban J connectivity index is 2.12. The summed E-state index contributed by atoms with van der Waals surface area (Å²) in [5.74, 6) is 0.618. The quantitative estimate of drug-likeness (QED) is 0.683. The Labute approximate surface area is 106 Å². The summed E-state index contributed by atoms with van der Waals surface area (Å²) >= 11 is 0. The van der Waals surface area contributed by atoms with E-state index >= 15 is 0 Å². The third-order valence-electron chi connectivity index (χ3n) is 3.91. The van der Waals surface area contributed by atoms with Gasteiger partial charge in [0.1, 0.15) is 0 Å². The molecule has 1 saturated carbocycles. The van der Waals surface area contributed by atoms with Gasteiger partial charge in [-0.15, -0.1) is 0 Å². The van der Waals surface area contributed by atoms with Gasteiger partial charge < -0.3 is 10.6 Å². The molecule has 3 nitrogen and oxygen atoms in total. The zero-order chi connectivity index (χ0) is 12.9. The van der Waals surface area contributed by atoms with Gasteiger partial charge in [0.05, 0.1) is 6.54 Å². The summed E-state index contributed by atoms with van der Waals surface area (Å²) in [6.45, 7) is 10.0. The molecule has 1 aliphatic carbocycles. The van der Waals surface area contributed by atoms with E-state index in [1.165, 1.54) is 25.7 Å². The number of hydrogen-bond acceptors (Lipinski definition) is 2. The molecule has 0 aromatic carbocycles. The van der Waals surface area contributed by atoms with Gasteiger partial charge in [-0.2, -0.15) is 0 Å². The van der Waals surface area contributed by atoms with Crippen molar-refractivity contribution in [1.29, 1.82) is 0 Å². The maximum Gasteiger partial charge on any atom is 0.234 e. The molecule has 17 heavy (non-hydrogen) atoms. The van der Waals surface area contributed by atoms with E-state index in [0.29, 0.717) is 17.9 Å². The number of rotatable bonds is 8. The van der Waals surface area contributed by atoms with E-state index in [0.717, 1.165) is 6.54 Å². The van der Waals surface area contributed by atoms with Gasteiger partial charge >= 0.3 is 0 Å². The molecule has 0 radical (unpaired) electrons. The first-order valence-electron chi connectivity index (χ1n) is 6.99. The second-order valence-corrected chi connectivity index (χ2v) is 5.95. The molecule has 1 amide bonds. The van der Waals surface area contributed by atoms with Crippen LogP contribution in [0.25, 0.3) is 0 Å². The summed E-state index contributed by atoms with van der Waals surface area (Å²) in [6.07, 6.45) is 5.21. The lowest BCUT2D eigenvalue weighted by Crippen LogP contribution is -2.42. The molecule has 0 aliphatic heterocycles. The van der Waals surface area contributed by atoms with Crippen LogP contribution in [-0.2, 0) is 4.79 Å². The van der Waals surface area contributed by atoms with Crippen molar-refractivity contribution in [3.05, 3.63) is 0 Å². The zero-order valence-electron chi connectivity index (χ0n) is 11.8. The maximum atomic E-state index is 11.6. The van der Waals surface area contributed by atoms with Crippen molar-refractivity contribution in [3.8, 4) is 0 Å². The predicted octanol–water partition coefficient (Wildman–Crippen LogP) is 2.32. The fourth-order valence-electron chi connectivity index (χ4n) is 2.14. The van der Waals surface area contributed by atoms with E-state index in [2.05, 4.69) is 38.3 Å². The van der Waals surface area contributed by atoms with Crippen LogP contribution in [0.4, 0.5) is 0 Å². The Morgan fingerprint density at radius 1 is 1.29 bits per heavy atom. The van der Waals surface area contributed by atoms with Crippen molar-refractivity contribution >= 4 is 5.91 Å². The van der Waals surface area contributed by atoms with E-state index in [-0.39, 0.29) is 11.9 Å². The normalized spacial score (nSPS) is 19.1. The zero-order valence-corrected chi connectivity index (χ0v) is 11.8. The van der Waals surface area contributed by atoms with Crippen molar-refractivity contribution in [2.45, 2.75) is 59.4 Å². The van der Waals surface area contributed by atoms with Crippen LogP contribution in [0.5, 0.6) is 0 Å². The van der Waals surface area contributed by atoms with E-state index in [1.807, 2.05) is 0 Å². The second-order valence-electron chi connectivity index (χ2n) is 5.95. The molecule has 1 fully saturated rings. The first-order valence-corrected chi connectivity index (χ1v) is 6.99. The minimum Gasteiger partial charge on any atom is -0.352 e. The Morgan fingerprint density at radius 2 is 1.94 bits per heavy atom. The summed E-state index contributed by atoms with van der Waals surface area (Å²) in [6, 6.07) is 0.259. The van der Waals surface area contributed by atoms with Gasteiger partial charge in [-0.3, -0.25) is 4.79 Å². The molecule has 0 heterocycles. The average molecular weight is 240 g/mol. The lowest BCUT2D eigenvalue weighted by molar-refractivity contribution is -0.121. The van der Waals surface area contributed by atoms with Gasteiger partial charge in [0, 0.05) is 12.6 Å². The number of carbonyl (C=O) groups excluding carboxylic acids is 1. The largest absolute Gasteiger partial charge is 0.352 e. The number of carbonyl (C=O) groups is 1. The van der Waals surface area contributed by atoms with E-state index in [9.17, 15) is 4.79 Å². The van der Waals surface area contributed by atoms with E-state index in [1.54, 1.807) is 0 Å². The van der Waals surface area contributed by atoms with E-state index < -0.39 is 0 Å². The van der Waals surface area contributed by atoms with Crippen LogP contribution in [-0.4, -0.2) is 25.0 Å². The van der Waals surface area contributed by atoms with Gasteiger partial charge in [-0.1, -0.05) is 27.2 Å². The molecule has 1 atom stereocenters. The summed E-state index contributed by atoms with van der Waals surface area (Å²) in [4.78, 5) is 11.6. The lowest BCUT2D eigenvalue weighted by atomic mass is 10.0. The van der Waals surface area contributed by atoms with Gasteiger partial charge in [-0.25, -0.2) is 0 Å². The van der Waals surface area contributed by atoms with Crippen LogP contribution in [0.2, 0.25) is 0 Å². The topological polar surface area (TPSA) is 41.1 Å². The highest BCUT2D eigenvalue weighted by molar-refractivity contribution is 5.78. The molecule has 0 spiro atoms. The Bertz CT molecular complexity index is 247. The van der Waals surface area contributed by atoms with Crippen LogP contribution in [0.15, 0.2) is 0 Å². The summed E-state index contributed by atoms with van der Waals surface area (Å²) in [7, 11) is 0. The third kappa shape index (κ3) is 5.07. The third-order valence-corrected chi connectivity index (χ3v) is 3.91. The van der Waals surface area contributed by atoms with Crippen molar-refractivity contribution in [1.82, 2.24) is 10.6 Å². The van der Waals surface area contributed by atoms with Crippen molar-refractivity contribution in [2.75, 3.05) is 13.1 Å². The van der Waals surface area contributed by atoms with Gasteiger partial charge in [-0.05, 0) is 37.5 Å². The molecular weight excluding hydrogens is 212 g/mol. The van der Waals surface area contributed by atoms with Gasteiger partial charge in [0.25, 0.3) is 0 Å². The van der Waals surface area contributed by atoms with Crippen LogP contribution in [0.3, 0.4) is 0 Å². The predicted molar refractivity (Wildman–Crippen MR) is 71.9 cm³/mol. The van der Waals surface area contributed by atoms with Crippen molar-refractivity contribution < 1.29 is 4.79 Å². The summed E-state index contributed by atoms with van der Waals surface area (Å²) in [5.41, 5.74) is 0.526. The SMILES string of the molecule is CCCC1(CNCC(=O)NC(C)C(C)C)CC1. The highest BCUT2D eigenvalue weighted by Crippen LogP contribution is 2.48. The summed E-state index contributed by atoms with van der Waals surface area (Å²) < 4.78 is 0.